The van der Waals surface area contributed by atoms with E-state index >= 15 is 0 Å². The molecule has 200 valence electrons. The first-order valence-electron chi connectivity index (χ1n) is 11.7. The van der Waals surface area contributed by atoms with E-state index in [9.17, 15) is 13.2 Å². The van der Waals surface area contributed by atoms with Gasteiger partial charge in [0.15, 0.2) is 11.5 Å². The van der Waals surface area contributed by atoms with Gasteiger partial charge in [0.2, 0.25) is 10.0 Å². The number of rotatable bonds is 11. The fourth-order valence-corrected chi connectivity index (χ4v) is 5.63. The smallest absolute Gasteiger partial charge is 0.323 e. The van der Waals surface area contributed by atoms with Crippen LogP contribution in [0.2, 0.25) is 10.0 Å². The summed E-state index contributed by atoms with van der Waals surface area (Å²) in [6, 6.07) is 9.85. The number of anilines is 1. The van der Waals surface area contributed by atoms with Crippen LogP contribution in [0.4, 0.5) is 5.69 Å². The third-order valence-corrected chi connectivity index (χ3v) is 7.76. The van der Waals surface area contributed by atoms with E-state index in [-0.39, 0.29) is 40.8 Å². The maximum absolute atomic E-state index is 13.2. The molecule has 0 radical (unpaired) electrons. The number of hydrogen-bond donors (Lipinski definition) is 3. The van der Waals surface area contributed by atoms with Crippen molar-refractivity contribution in [2.75, 3.05) is 36.3 Å². The van der Waals surface area contributed by atoms with Crippen LogP contribution in [0.25, 0.3) is 6.08 Å². The summed E-state index contributed by atoms with van der Waals surface area (Å²) in [4.78, 5) is 12.0. The summed E-state index contributed by atoms with van der Waals surface area (Å²) in [6.45, 7) is 3.17. The lowest BCUT2D eigenvalue weighted by atomic mass is 10.1. The van der Waals surface area contributed by atoms with Gasteiger partial charge in [-0.15, -0.1) is 0 Å². The van der Waals surface area contributed by atoms with Crippen LogP contribution < -0.4 is 20.1 Å². The van der Waals surface area contributed by atoms with E-state index in [0.29, 0.717) is 11.3 Å². The van der Waals surface area contributed by atoms with Crippen LogP contribution in [0.15, 0.2) is 42.5 Å². The minimum atomic E-state index is -4.16. The molecule has 2 aromatic carbocycles. The summed E-state index contributed by atoms with van der Waals surface area (Å²) in [5.74, 6) is -1.51. The molecule has 12 heteroatoms. The van der Waals surface area contributed by atoms with Gasteiger partial charge in [0.1, 0.15) is 11.9 Å². The molecule has 1 aliphatic rings. The standard InChI is InChI=1S/C25H30Cl2N4O5S/c1-2-35-23(32)16-37(33,34)31(12-4-6-17-5-3-7-18(13-17)25(28)29)19-14-21(26)24(22(27)15-19)36-20-8-10-30-11-9-20/h3-7,13-15,20,30H,2,8-12,16H2,1H3,(H3,28,29)/b6-4+. The molecule has 0 unspecified atom stereocenters. The number of carbonyl (C=O) groups is 1. The Labute approximate surface area is 227 Å². The zero-order valence-electron chi connectivity index (χ0n) is 20.4. The molecule has 0 aromatic heterocycles. The largest absolute Gasteiger partial charge is 0.487 e. The molecule has 37 heavy (non-hydrogen) atoms. The molecule has 1 heterocycles. The van der Waals surface area contributed by atoms with Gasteiger partial charge in [-0.3, -0.25) is 14.5 Å². The van der Waals surface area contributed by atoms with Crippen LogP contribution >= 0.6 is 23.2 Å². The zero-order chi connectivity index (χ0) is 27.0. The molecule has 1 saturated heterocycles. The van der Waals surface area contributed by atoms with E-state index in [1.165, 1.54) is 12.1 Å². The molecule has 0 atom stereocenters. The van der Waals surface area contributed by atoms with Crippen LogP contribution in [0.1, 0.15) is 30.9 Å². The Hall–Kier alpha value is -2.79. The fraction of sp³-hybridized carbons (Fsp3) is 0.360. The highest BCUT2D eigenvalue weighted by Crippen LogP contribution is 2.39. The van der Waals surface area contributed by atoms with Gasteiger partial charge in [0, 0.05) is 5.56 Å². The number of carbonyl (C=O) groups excluding carboxylic acids is 1. The highest BCUT2D eigenvalue weighted by Gasteiger charge is 2.28. The molecule has 3 rings (SSSR count). The van der Waals surface area contributed by atoms with E-state index in [2.05, 4.69) is 5.32 Å². The summed E-state index contributed by atoms with van der Waals surface area (Å²) in [5.41, 5.74) is 6.99. The number of ether oxygens (including phenoxy) is 2. The highest BCUT2D eigenvalue weighted by atomic mass is 35.5. The maximum atomic E-state index is 13.2. The molecule has 2 aromatic rings. The van der Waals surface area contributed by atoms with Crippen LogP contribution in [0.3, 0.4) is 0 Å². The number of halogens is 2. The van der Waals surface area contributed by atoms with E-state index in [1.807, 2.05) is 0 Å². The average molecular weight is 570 g/mol. The number of piperidine rings is 1. The Morgan fingerprint density at radius 1 is 1.22 bits per heavy atom. The Kier molecular flexibility index (Phi) is 10.2. The first-order valence-corrected chi connectivity index (χ1v) is 14.1. The van der Waals surface area contributed by atoms with E-state index in [1.54, 1.807) is 43.3 Å². The first kappa shape index (κ1) is 28.8. The van der Waals surface area contributed by atoms with Gasteiger partial charge in [0.25, 0.3) is 0 Å². The third kappa shape index (κ3) is 8.10. The van der Waals surface area contributed by atoms with Crippen molar-refractivity contribution in [1.29, 1.82) is 5.41 Å². The lowest BCUT2D eigenvalue weighted by Gasteiger charge is -2.27. The van der Waals surface area contributed by atoms with Crippen molar-refractivity contribution in [1.82, 2.24) is 5.32 Å². The molecular formula is C25H30Cl2N4O5S. The number of hydrogen-bond acceptors (Lipinski definition) is 7. The van der Waals surface area contributed by atoms with Gasteiger partial charge in [-0.05, 0) is 56.6 Å². The van der Waals surface area contributed by atoms with E-state index in [4.69, 9.17) is 43.8 Å². The number of nitrogens with one attached hydrogen (secondary N) is 2. The third-order valence-electron chi connectivity index (χ3n) is 5.56. The SMILES string of the molecule is CCOC(=O)CS(=O)(=O)N(C/C=C/c1cccc(C(=N)N)c1)c1cc(Cl)c(OC2CCNCC2)c(Cl)c1. The second-order valence-corrected chi connectivity index (χ2v) is 11.0. The van der Waals surface area contributed by atoms with Gasteiger partial charge in [-0.1, -0.05) is 53.6 Å². The Balaban J connectivity index is 1.91. The lowest BCUT2D eigenvalue weighted by molar-refractivity contribution is -0.139. The quantitative estimate of drug-likeness (QED) is 0.213. The molecule has 0 spiro atoms. The Morgan fingerprint density at radius 3 is 2.51 bits per heavy atom. The Morgan fingerprint density at radius 2 is 1.89 bits per heavy atom. The zero-order valence-corrected chi connectivity index (χ0v) is 22.7. The number of nitrogens with two attached hydrogens (primary N) is 1. The first-order chi connectivity index (χ1) is 17.6. The minimum absolute atomic E-state index is 0.0561. The van der Waals surface area contributed by atoms with Crippen molar-refractivity contribution in [3.63, 3.8) is 0 Å². The summed E-state index contributed by atoms with van der Waals surface area (Å²) in [6.07, 6.45) is 4.84. The van der Waals surface area contributed by atoms with E-state index in [0.717, 1.165) is 35.8 Å². The molecule has 0 aliphatic carbocycles. The molecule has 1 fully saturated rings. The minimum Gasteiger partial charge on any atom is -0.487 e. The van der Waals surface area contributed by atoms with Gasteiger partial charge in [-0.2, -0.15) is 0 Å². The number of sulfonamides is 1. The van der Waals surface area contributed by atoms with Gasteiger partial charge in [0.05, 0.1) is 28.9 Å². The second kappa shape index (κ2) is 13.1. The van der Waals surface area contributed by atoms with Crippen LogP contribution in [-0.2, 0) is 19.6 Å². The molecule has 0 bridgehead atoms. The molecule has 4 N–H and O–H groups in total. The number of amidine groups is 1. The average Bonchev–Trinajstić information content (AvgIpc) is 2.84. The number of nitrogens with zero attached hydrogens (tertiary/aromatic N) is 1. The summed E-state index contributed by atoms with van der Waals surface area (Å²) >= 11 is 13.0. The van der Waals surface area contributed by atoms with Gasteiger partial charge >= 0.3 is 5.97 Å². The summed E-state index contributed by atoms with van der Waals surface area (Å²) in [7, 11) is -4.16. The number of nitrogen functional groups attached to an aromatic ring is 1. The van der Waals surface area contributed by atoms with Crippen LogP contribution in [0, 0.1) is 5.41 Å². The molecular weight excluding hydrogens is 539 g/mol. The molecule has 1 aliphatic heterocycles. The fourth-order valence-electron chi connectivity index (χ4n) is 3.79. The predicted octanol–water partition coefficient (Wildman–Crippen LogP) is 3.82. The molecule has 0 saturated carbocycles. The Bertz CT molecular complexity index is 1240. The van der Waals surface area contributed by atoms with Gasteiger partial charge < -0.3 is 20.5 Å². The van der Waals surface area contributed by atoms with Crippen LogP contribution in [-0.4, -0.2) is 58.3 Å². The van der Waals surface area contributed by atoms with Crippen molar-refractivity contribution in [2.24, 2.45) is 5.73 Å². The monoisotopic (exact) mass is 568 g/mol. The van der Waals surface area contributed by atoms with Crippen molar-refractivity contribution >= 4 is 56.8 Å². The highest BCUT2D eigenvalue weighted by molar-refractivity contribution is 7.93. The normalized spacial score (nSPS) is 14.5. The second-order valence-electron chi connectivity index (χ2n) is 8.34. The topological polar surface area (TPSA) is 135 Å². The summed E-state index contributed by atoms with van der Waals surface area (Å²) < 4.78 is 38.4. The molecule has 0 amide bonds. The van der Waals surface area contributed by atoms with Crippen molar-refractivity contribution in [2.45, 2.75) is 25.9 Å². The lowest BCUT2D eigenvalue weighted by Crippen LogP contribution is -2.36. The van der Waals surface area contributed by atoms with E-state index < -0.39 is 21.7 Å². The number of esters is 1. The number of benzene rings is 2. The maximum Gasteiger partial charge on any atom is 0.323 e. The van der Waals surface area contributed by atoms with Crippen molar-refractivity contribution in [3.8, 4) is 5.75 Å². The van der Waals surface area contributed by atoms with Crippen molar-refractivity contribution < 1.29 is 22.7 Å². The predicted molar refractivity (Wildman–Crippen MR) is 147 cm³/mol. The summed E-state index contributed by atoms with van der Waals surface area (Å²) in [5, 5.41) is 11.2. The van der Waals surface area contributed by atoms with Gasteiger partial charge in [-0.25, -0.2) is 8.42 Å². The van der Waals surface area contributed by atoms with Crippen molar-refractivity contribution in [3.05, 3.63) is 63.6 Å². The molecule has 9 nitrogen and oxygen atoms in total. The van der Waals surface area contributed by atoms with Crippen LogP contribution in [0.5, 0.6) is 5.75 Å².